The van der Waals surface area contributed by atoms with Gasteiger partial charge in [0, 0.05) is 19.5 Å². The largest absolute Gasteiger partial charge is 0.455 e. The van der Waals surface area contributed by atoms with Crippen LogP contribution < -0.4 is 20.7 Å². The first-order valence-electron chi connectivity index (χ1n) is 7.76. The number of para-hydroxylation sites is 1. The minimum Gasteiger partial charge on any atom is -0.455 e. The maximum Gasteiger partial charge on any atom is 0.312 e. The van der Waals surface area contributed by atoms with E-state index >= 15 is 0 Å². The minimum atomic E-state index is -0.752. The molecule has 7 heteroatoms. The summed E-state index contributed by atoms with van der Waals surface area (Å²) in [5, 5.41) is 2.45. The van der Waals surface area contributed by atoms with Gasteiger partial charge < -0.3 is 20.7 Å². The Morgan fingerprint density at radius 2 is 2.08 bits per heavy atom. The second-order valence-electron chi connectivity index (χ2n) is 5.94. The molecule has 1 aliphatic heterocycles. The van der Waals surface area contributed by atoms with Crippen LogP contribution in [-0.4, -0.2) is 25.0 Å². The first-order chi connectivity index (χ1) is 11.9. The maximum absolute atomic E-state index is 13.5. The van der Waals surface area contributed by atoms with Gasteiger partial charge in [0.2, 0.25) is 5.91 Å². The monoisotopic (exact) mass is 343 g/mol. The maximum atomic E-state index is 13.5. The minimum absolute atomic E-state index is 0.293. The topological polar surface area (TPSA) is 84.7 Å². The van der Waals surface area contributed by atoms with E-state index in [1.54, 1.807) is 25.2 Å². The summed E-state index contributed by atoms with van der Waals surface area (Å²) in [6.45, 7) is 1.81. The number of primary amides is 1. The molecule has 0 saturated carbocycles. The number of hydrogen-bond donors (Lipinski definition) is 2. The van der Waals surface area contributed by atoms with Crippen LogP contribution in [0.2, 0.25) is 0 Å². The van der Waals surface area contributed by atoms with Crippen molar-refractivity contribution < 1.29 is 18.7 Å². The summed E-state index contributed by atoms with van der Waals surface area (Å²) in [7, 11) is 1.60. The van der Waals surface area contributed by atoms with Crippen LogP contribution >= 0.6 is 0 Å². The lowest BCUT2D eigenvalue weighted by molar-refractivity contribution is -0.120. The fourth-order valence-corrected chi connectivity index (χ4v) is 2.93. The van der Waals surface area contributed by atoms with Crippen molar-refractivity contribution in [2.75, 3.05) is 11.9 Å². The molecule has 3 amide bonds. The van der Waals surface area contributed by atoms with E-state index in [-0.39, 0.29) is 5.91 Å². The third-order valence-corrected chi connectivity index (χ3v) is 4.16. The van der Waals surface area contributed by atoms with Gasteiger partial charge in [0.25, 0.3) is 0 Å². The van der Waals surface area contributed by atoms with E-state index in [9.17, 15) is 14.0 Å². The lowest BCUT2D eigenvalue weighted by Gasteiger charge is -2.32. The summed E-state index contributed by atoms with van der Waals surface area (Å²) < 4.78 is 19.4. The number of nitrogens with zero attached hydrogens (tertiary/aromatic N) is 1. The number of benzene rings is 2. The number of nitrogens with one attached hydrogen (secondary N) is 1. The van der Waals surface area contributed by atoms with Crippen LogP contribution in [0.15, 0.2) is 36.4 Å². The number of anilines is 1. The number of nitrogens with two attached hydrogens (primary N) is 1. The van der Waals surface area contributed by atoms with Crippen LogP contribution in [0.5, 0.6) is 11.5 Å². The van der Waals surface area contributed by atoms with Crippen molar-refractivity contribution in [2.45, 2.75) is 19.4 Å². The van der Waals surface area contributed by atoms with Crippen LogP contribution in [0.1, 0.15) is 11.1 Å². The predicted molar refractivity (Wildman–Crippen MR) is 91.3 cm³/mol. The molecule has 0 saturated heterocycles. The lowest BCUT2D eigenvalue weighted by Crippen LogP contribution is -2.53. The molecular formula is C18H18FN3O3. The highest BCUT2D eigenvalue weighted by Crippen LogP contribution is 2.39. The molecule has 1 heterocycles. The quantitative estimate of drug-likeness (QED) is 0.898. The van der Waals surface area contributed by atoms with Crippen molar-refractivity contribution in [1.82, 2.24) is 5.32 Å². The number of hydrogen-bond acceptors (Lipinski definition) is 3. The van der Waals surface area contributed by atoms with E-state index in [0.29, 0.717) is 23.6 Å². The molecule has 2 aromatic carbocycles. The molecular weight excluding hydrogens is 325 g/mol. The van der Waals surface area contributed by atoms with Gasteiger partial charge in [0.1, 0.15) is 17.6 Å². The van der Waals surface area contributed by atoms with Crippen molar-refractivity contribution in [2.24, 2.45) is 5.73 Å². The van der Waals surface area contributed by atoms with Crippen LogP contribution in [0, 0.1) is 12.7 Å². The Hall–Kier alpha value is -3.09. The molecule has 6 nitrogen and oxygen atoms in total. The number of amides is 3. The van der Waals surface area contributed by atoms with Crippen molar-refractivity contribution >= 4 is 17.6 Å². The molecule has 0 radical (unpaired) electrons. The number of likely N-dealkylation sites (N-methyl/N-ethyl adjacent to an activating group) is 1. The lowest BCUT2D eigenvalue weighted by atomic mass is 9.97. The molecule has 130 valence electrons. The average molecular weight is 343 g/mol. The molecule has 0 unspecified atom stereocenters. The Morgan fingerprint density at radius 3 is 2.80 bits per heavy atom. The van der Waals surface area contributed by atoms with Crippen LogP contribution in [0.3, 0.4) is 0 Å². The predicted octanol–water partition coefficient (Wildman–Crippen LogP) is 2.48. The van der Waals surface area contributed by atoms with E-state index in [4.69, 9.17) is 10.5 Å². The zero-order valence-corrected chi connectivity index (χ0v) is 13.9. The summed E-state index contributed by atoms with van der Waals surface area (Å²) in [4.78, 5) is 25.0. The number of ether oxygens (including phenoxy) is 1. The van der Waals surface area contributed by atoms with E-state index in [1.165, 1.54) is 17.0 Å². The van der Waals surface area contributed by atoms with E-state index in [1.807, 2.05) is 13.0 Å². The van der Waals surface area contributed by atoms with Gasteiger partial charge in [-0.1, -0.05) is 18.2 Å². The van der Waals surface area contributed by atoms with Crippen LogP contribution in [-0.2, 0) is 11.2 Å². The third kappa shape index (κ3) is 3.26. The molecule has 0 fully saturated rings. The Kier molecular flexibility index (Phi) is 4.31. The Balaban J connectivity index is 1.98. The fraction of sp³-hybridized carbons (Fsp3) is 0.222. The molecule has 2 aromatic rings. The average Bonchev–Trinajstić information content (AvgIpc) is 2.55. The van der Waals surface area contributed by atoms with Crippen molar-refractivity contribution in [1.29, 1.82) is 0 Å². The number of rotatable bonds is 3. The first kappa shape index (κ1) is 16.8. The zero-order valence-electron chi connectivity index (χ0n) is 13.9. The summed E-state index contributed by atoms with van der Waals surface area (Å²) in [6, 6.07) is 8.16. The Bertz CT molecular complexity index is 853. The highest BCUT2D eigenvalue weighted by Gasteiger charge is 2.33. The van der Waals surface area contributed by atoms with Crippen LogP contribution in [0.25, 0.3) is 0 Å². The van der Waals surface area contributed by atoms with Gasteiger partial charge >= 0.3 is 6.03 Å². The van der Waals surface area contributed by atoms with E-state index in [0.717, 1.165) is 11.1 Å². The van der Waals surface area contributed by atoms with Gasteiger partial charge in [0.05, 0.1) is 5.69 Å². The third-order valence-electron chi connectivity index (χ3n) is 4.16. The normalized spacial score (nSPS) is 16.4. The highest BCUT2D eigenvalue weighted by atomic mass is 19.1. The van der Waals surface area contributed by atoms with Gasteiger partial charge in [0.15, 0.2) is 5.75 Å². The zero-order chi connectivity index (χ0) is 18.1. The van der Waals surface area contributed by atoms with Gasteiger partial charge in [-0.2, -0.15) is 0 Å². The SMILES string of the molecule is Cc1ccc(F)cc1Oc1cccc2c1N(C)C(=O)[C@H](NC(N)=O)C2. The Morgan fingerprint density at radius 1 is 1.32 bits per heavy atom. The first-order valence-corrected chi connectivity index (χ1v) is 7.76. The molecule has 0 bridgehead atoms. The number of carbonyl (C=O) groups is 2. The van der Waals surface area contributed by atoms with Gasteiger partial charge in [-0.25, -0.2) is 9.18 Å². The number of halogens is 1. The second kappa shape index (κ2) is 6.43. The number of urea groups is 1. The number of fused-ring (bicyclic) bond motifs is 1. The van der Waals surface area contributed by atoms with Crippen molar-refractivity contribution in [3.05, 3.63) is 53.3 Å². The highest BCUT2D eigenvalue weighted by molar-refractivity contribution is 6.02. The molecule has 1 atom stereocenters. The second-order valence-corrected chi connectivity index (χ2v) is 5.94. The number of aryl methyl sites for hydroxylation is 1. The molecule has 3 N–H and O–H groups in total. The van der Waals surface area contributed by atoms with Crippen LogP contribution in [0.4, 0.5) is 14.9 Å². The molecule has 1 aliphatic rings. The Labute approximate surface area is 144 Å². The summed E-state index contributed by atoms with van der Waals surface area (Å²) in [5.74, 6) is 0.130. The number of carbonyl (C=O) groups excluding carboxylic acids is 2. The molecule has 0 aliphatic carbocycles. The fourth-order valence-electron chi connectivity index (χ4n) is 2.93. The summed E-state index contributed by atoms with van der Waals surface area (Å²) in [5.41, 5.74) is 7.33. The summed E-state index contributed by atoms with van der Waals surface area (Å²) in [6.07, 6.45) is 0.306. The molecule has 0 aromatic heterocycles. The van der Waals surface area contributed by atoms with Gasteiger partial charge in [-0.05, 0) is 30.2 Å². The van der Waals surface area contributed by atoms with E-state index < -0.39 is 17.9 Å². The standard InChI is InChI=1S/C18H18FN3O3/c1-10-6-7-12(19)9-15(10)25-14-5-3-4-11-8-13(21-18(20)24)17(23)22(2)16(11)14/h3-7,9,13H,8H2,1-2H3,(H3,20,21,24)/t13-/m1/s1. The molecule has 25 heavy (non-hydrogen) atoms. The molecule has 0 spiro atoms. The van der Waals surface area contributed by atoms with Crippen molar-refractivity contribution in [3.63, 3.8) is 0 Å². The van der Waals surface area contributed by atoms with Gasteiger partial charge in [-0.15, -0.1) is 0 Å². The molecule has 3 rings (SSSR count). The summed E-state index contributed by atoms with van der Waals surface area (Å²) >= 11 is 0. The van der Waals surface area contributed by atoms with E-state index in [2.05, 4.69) is 5.32 Å². The smallest absolute Gasteiger partial charge is 0.312 e. The van der Waals surface area contributed by atoms with Gasteiger partial charge in [-0.3, -0.25) is 4.79 Å². The van der Waals surface area contributed by atoms with Crippen molar-refractivity contribution in [3.8, 4) is 11.5 Å².